The fourth-order valence-electron chi connectivity index (χ4n) is 5.32. The monoisotopic (exact) mass is 646 g/mol. The van der Waals surface area contributed by atoms with Crippen LogP contribution in [0.25, 0.3) is 0 Å². The second-order valence-corrected chi connectivity index (χ2v) is 11.1. The van der Waals surface area contributed by atoms with Crippen LogP contribution in [0.4, 0.5) is 46.5 Å². The maximum Gasteiger partial charge on any atom is 0.240 e. The van der Waals surface area contributed by atoms with Crippen LogP contribution < -0.4 is 19.6 Å². The van der Waals surface area contributed by atoms with Gasteiger partial charge in [0.15, 0.2) is 0 Å². The molecule has 0 aliphatic carbocycles. The molecule has 46 heavy (non-hydrogen) atoms. The first-order chi connectivity index (χ1) is 22.6. The molecule has 2 aromatic heterocycles. The van der Waals surface area contributed by atoms with Gasteiger partial charge in [-0.15, -0.1) is 0 Å². The molecule has 0 unspecified atom stereocenters. The maximum absolute atomic E-state index is 6.51. The van der Waals surface area contributed by atoms with E-state index in [2.05, 4.69) is 29.7 Å². The number of benzene rings is 4. The van der Waals surface area contributed by atoms with Crippen molar-refractivity contribution in [3.63, 3.8) is 0 Å². The van der Waals surface area contributed by atoms with Crippen molar-refractivity contribution in [2.45, 2.75) is 0 Å². The topological polar surface area (TPSA) is 90.3 Å². The molecule has 0 amide bonds. The van der Waals surface area contributed by atoms with Crippen LogP contribution in [0.15, 0.2) is 121 Å². The second kappa shape index (κ2) is 13.4. The number of para-hydroxylation sites is 4. The number of nitrogens with zero attached hydrogens (tertiary/aromatic N) is 10. The molecule has 1 saturated heterocycles. The molecule has 7 rings (SSSR count). The van der Waals surface area contributed by atoms with Crippen LogP contribution in [0, 0.1) is 0 Å². The standard InChI is InChI=1S/C34H28Cl2N10/c35-29-37-31(41-33(39-29)45(25-13-5-1-6-14-25)26-15-7-2-8-16-26)43-21-23-44(24-22-43)32-38-30(36)40-34(42-32)46(27-17-9-3-10-18-27)28-19-11-4-12-20-28/h1-20H,21-24H2. The van der Waals surface area contributed by atoms with Crippen molar-refractivity contribution in [2.24, 2.45) is 0 Å². The molecule has 1 fully saturated rings. The molecular weight excluding hydrogens is 619 g/mol. The number of piperazine rings is 1. The number of hydrogen-bond acceptors (Lipinski definition) is 10. The van der Waals surface area contributed by atoms with Gasteiger partial charge in [-0.3, -0.25) is 9.80 Å². The third kappa shape index (κ3) is 6.39. The molecule has 0 saturated carbocycles. The number of hydrogen-bond donors (Lipinski definition) is 0. The van der Waals surface area contributed by atoms with Gasteiger partial charge >= 0.3 is 0 Å². The zero-order valence-corrected chi connectivity index (χ0v) is 26.1. The number of aromatic nitrogens is 6. The summed E-state index contributed by atoms with van der Waals surface area (Å²) in [6, 6.07) is 39.8. The van der Waals surface area contributed by atoms with Crippen molar-refractivity contribution in [1.82, 2.24) is 29.9 Å². The molecule has 1 aliphatic heterocycles. The zero-order chi connectivity index (χ0) is 31.3. The highest BCUT2D eigenvalue weighted by atomic mass is 35.5. The summed E-state index contributed by atoms with van der Waals surface area (Å²) in [7, 11) is 0. The van der Waals surface area contributed by atoms with Gasteiger partial charge in [0.1, 0.15) is 0 Å². The van der Waals surface area contributed by atoms with Gasteiger partial charge in [-0.2, -0.15) is 29.9 Å². The van der Waals surface area contributed by atoms with Crippen LogP contribution in [0.5, 0.6) is 0 Å². The molecule has 0 atom stereocenters. The lowest BCUT2D eigenvalue weighted by Gasteiger charge is -2.35. The average Bonchev–Trinajstić information content (AvgIpc) is 3.10. The van der Waals surface area contributed by atoms with E-state index in [-0.39, 0.29) is 10.6 Å². The minimum atomic E-state index is 0.120. The van der Waals surface area contributed by atoms with E-state index in [9.17, 15) is 0 Å². The first kappa shape index (κ1) is 29.4. The fourth-order valence-corrected chi connectivity index (χ4v) is 5.62. The smallest absolute Gasteiger partial charge is 0.240 e. The molecule has 4 aromatic carbocycles. The summed E-state index contributed by atoms with van der Waals surface area (Å²) in [4.78, 5) is 35.9. The Kier molecular flexibility index (Phi) is 8.53. The lowest BCUT2D eigenvalue weighted by Crippen LogP contribution is -2.48. The highest BCUT2D eigenvalue weighted by Crippen LogP contribution is 2.35. The van der Waals surface area contributed by atoms with Crippen LogP contribution in [0.1, 0.15) is 0 Å². The lowest BCUT2D eigenvalue weighted by molar-refractivity contribution is 0.625. The Balaban J connectivity index is 1.15. The second-order valence-electron chi connectivity index (χ2n) is 10.4. The Hall–Kier alpha value is -5.32. The molecule has 10 nitrogen and oxygen atoms in total. The SMILES string of the molecule is Clc1nc(N2CCN(c3nc(Cl)nc(N(c4ccccc4)c4ccccc4)n3)CC2)nc(N(c2ccccc2)c2ccccc2)n1. The molecule has 12 heteroatoms. The summed E-state index contributed by atoms with van der Waals surface area (Å²) < 4.78 is 0. The van der Waals surface area contributed by atoms with Crippen LogP contribution in [0.2, 0.25) is 10.6 Å². The molecule has 3 heterocycles. The van der Waals surface area contributed by atoms with E-state index < -0.39 is 0 Å². The van der Waals surface area contributed by atoms with Crippen LogP contribution >= 0.6 is 23.2 Å². The average molecular weight is 648 g/mol. The van der Waals surface area contributed by atoms with Gasteiger partial charge in [0.25, 0.3) is 0 Å². The Labute approximate surface area is 276 Å². The van der Waals surface area contributed by atoms with Crippen molar-refractivity contribution in [3.05, 3.63) is 132 Å². The van der Waals surface area contributed by atoms with Gasteiger partial charge in [-0.05, 0) is 71.7 Å². The third-order valence-corrected chi connectivity index (χ3v) is 7.81. The Morgan fingerprint density at radius 1 is 0.391 bits per heavy atom. The van der Waals surface area contributed by atoms with Crippen molar-refractivity contribution >= 4 is 69.7 Å². The van der Waals surface area contributed by atoms with Gasteiger partial charge in [0, 0.05) is 48.9 Å². The summed E-state index contributed by atoms with van der Waals surface area (Å²) in [5.74, 6) is 1.87. The van der Waals surface area contributed by atoms with Crippen LogP contribution in [-0.2, 0) is 0 Å². The largest absolute Gasteiger partial charge is 0.337 e. The van der Waals surface area contributed by atoms with E-state index in [1.165, 1.54) is 0 Å². The first-order valence-corrected chi connectivity index (χ1v) is 15.5. The lowest BCUT2D eigenvalue weighted by atomic mass is 10.2. The third-order valence-electron chi connectivity index (χ3n) is 7.47. The van der Waals surface area contributed by atoms with Crippen molar-refractivity contribution < 1.29 is 0 Å². The predicted octanol–water partition coefficient (Wildman–Crippen LogP) is 7.63. The summed E-state index contributed by atoms with van der Waals surface area (Å²) in [5.41, 5.74) is 3.65. The predicted molar refractivity (Wildman–Crippen MR) is 183 cm³/mol. The van der Waals surface area contributed by atoms with Crippen molar-refractivity contribution in [3.8, 4) is 0 Å². The van der Waals surface area contributed by atoms with E-state index in [0.717, 1.165) is 22.7 Å². The summed E-state index contributed by atoms with van der Waals surface area (Å²) >= 11 is 13.0. The van der Waals surface area contributed by atoms with E-state index in [1.807, 2.05) is 131 Å². The molecule has 0 bridgehead atoms. The molecule has 0 spiro atoms. The fraction of sp³-hybridized carbons (Fsp3) is 0.118. The minimum absolute atomic E-state index is 0.120. The van der Waals surface area contributed by atoms with Crippen molar-refractivity contribution in [2.75, 3.05) is 45.8 Å². The van der Waals surface area contributed by atoms with E-state index in [1.54, 1.807) is 0 Å². The van der Waals surface area contributed by atoms with Gasteiger partial charge in [0.05, 0.1) is 0 Å². The molecule has 6 aromatic rings. The first-order valence-electron chi connectivity index (χ1n) is 14.8. The number of halogens is 2. The van der Waals surface area contributed by atoms with Crippen LogP contribution in [-0.4, -0.2) is 56.1 Å². The zero-order valence-electron chi connectivity index (χ0n) is 24.6. The quantitative estimate of drug-likeness (QED) is 0.164. The Morgan fingerprint density at radius 2 is 0.674 bits per heavy atom. The maximum atomic E-state index is 6.51. The highest BCUT2D eigenvalue weighted by Gasteiger charge is 2.26. The molecule has 228 valence electrons. The number of anilines is 8. The molecule has 0 radical (unpaired) electrons. The van der Waals surface area contributed by atoms with Gasteiger partial charge in [-0.25, -0.2) is 0 Å². The molecule has 0 N–H and O–H groups in total. The normalized spacial score (nSPS) is 13.0. The minimum Gasteiger partial charge on any atom is -0.337 e. The van der Waals surface area contributed by atoms with Gasteiger partial charge < -0.3 is 9.80 Å². The van der Waals surface area contributed by atoms with Gasteiger partial charge in [0.2, 0.25) is 34.4 Å². The summed E-state index contributed by atoms with van der Waals surface area (Å²) in [5, 5.41) is 0.241. The summed E-state index contributed by atoms with van der Waals surface area (Å²) in [6.45, 7) is 2.43. The van der Waals surface area contributed by atoms with Gasteiger partial charge in [-0.1, -0.05) is 72.8 Å². The van der Waals surface area contributed by atoms with Crippen LogP contribution in [0.3, 0.4) is 0 Å². The molecule has 1 aliphatic rings. The van der Waals surface area contributed by atoms with E-state index >= 15 is 0 Å². The number of rotatable bonds is 8. The van der Waals surface area contributed by atoms with E-state index in [0.29, 0.717) is 50.0 Å². The Bertz CT molecular complexity index is 1670. The van der Waals surface area contributed by atoms with E-state index in [4.69, 9.17) is 33.2 Å². The van der Waals surface area contributed by atoms with Crippen molar-refractivity contribution in [1.29, 1.82) is 0 Å². The summed E-state index contributed by atoms with van der Waals surface area (Å²) in [6.07, 6.45) is 0. The highest BCUT2D eigenvalue weighted by molar-refractivity contribution is 6.28. The molecular formula is C34H28Cl2N10. The Morgan fingerprint density at radius 3 is 0.957 bits per heavy atom.